The molecule has 5 nitrogen and oxygen atoms in total. The first kappa shape index (κ1) is 39.3. The van der Waals surface area contributed by atoms with Crippen LogP contribution in [-0.4, -0.2) is 19.3 Å². The maximum Gasteiger partial charge on any atom is 2.00 e. The number of hydrogen-bond acceptors (Lipinski definition) is 3. The van der Waals surface area contributed by atoms with Crippen LogP contribution < -0.4 is 4.74 Å². The van der Waals surface area contributed by atoms with Crippen LogP contribution in [0.1, 0.15) is 130 Å². The average Bonchev–Trinajstić information content (AvgIpc) is 3.74. The molecule has 2 aliphatic rings. The molecule has 0 N–H and O–H groups in total. The second-order valence-electron chi connectivity index (χ2n) is 17.6. The largest absolute Gasteiger partial charge is 2.00 e. The number of aryl methyl sites for hydroxylation is 3. The van der Waals surface area contributed by atoms with E-state index in [0.717, 1.165) is 33.5 Å². The molecule has 294 valence electrons. The van der Waals surface area contributed by atoms with Crippen molar-refractivity contribution in [3.8, 4) is 34.1 Å². The van der Waals surface area contributed by atoms with Crippen molar-refractivity contribution in [1.82, 2.24) is 19.3 Å². The molecule has 0 bridgehead atoms. The molecule has 7 aromatic rings. The van der Waals surface area contributed by atoms with Gasteiger partial charge in [0.15, 0.2) is 0 Å². The number of fused-ring (bicyclic) bond motifs is 3. The Balaban J connectivity index is 0.00000455. The van der Waals surface area contributed by atoms with Crippen LogP contribution in [0, 0.1) is 32.9 Å². The molecule has 6 heteroatoms. The molecule has 0 saturated heterocycles. The van der Waals surface area contributed by atoms with E-state index in [4.69, 9.17) is 14.8 Å². The Morgan fingerprint density at radius 1 is 0.684 bits per heavy atom. The number of aromatic nitrogens is 4. The van der Waals surface area contributed by atoms with Gasteiger partial charge in [-0.25, -0.2) is 4.98 Å². The van der Waals surface area contributed by atoms with Crippen molar-refractivity contribution in [1.29, 1.82) is 0 Å². The minimum atomic E-state index is -0.126. The number of hydrogen-bond donors (Lipinski definition) is 0. The van der Waals surface area contributed by atoms with Crippen molar-refractivity contribution < 1.29 is 25.2 Å². The number of benzene rings is 4. The van der Waals surface area contributed by atoms with Crippen molar-refractivity contribution in [2.24, 2.45) is 0 Å². The quantitative estimate of drug-likeness (QED) is 0.119. The molecule has 0 amide bonds. The van der Waals surface area contributed by atoms with E-state index in [1.165, 1.54) is 109 Å². The predicted molar refractivity (Wildman–Crippen MR) is 230 cm³/mol. The summed E-state index contributed by atoms with van der Waals surface area (Å²) in [6.07, 6.45) is 14.3. The molecule has 3 heterocycles. The first-order valence-electron chi connectivity index (χ1n) is 21.0. The fourth-order valence-corrected chi connectivity index (χ4v) is 9.58. The predicted octanol–water partition coefficient (Wildman–Crippen LogP) is 13.7. The summed E-state index contributed by atoms with van der Waals surface area (Å²) in [4.78, 5) is 4.79. The van der Waals surface area contributed by atoms with Gasteiger partial charge < -0.3 is 9.30 Å². The molecular formula is C51H54N4OPd. The topological polar surface area (TPSA) is 44.9 Å². The molecule has 4 aromatic carbocycles. The van der Waals surface area contributed by atoms with Gasteiger partial charge >= 0.3 is 20.4 Å². The van der Waals surface area contributed by atoms with Gasteiger partial charge in [-0.05, 0) is 103 Å². The summed E-state index contributed by atoms with van der Waals surface area (Å²) in [7, 11) is 0. The first-order chi connectivity index (χ1) is 27.1. The minimum Gasteiger partial charge on any atom is -0.509 e. The van der Waals surface area contributed by atoms with E-state index < -0.39 is 0 Å². The van der Waals surface area contributed by atoms with E-state index in [1.54, 1.807) is 0 Å². The molecule has 0 atom stereocenters. The van der Waals surface area contributed by atoms with Gasteiger partial charge in [0.05, 0.1) is 11.4 Å². The monoisotopic (exact) mass is 844 g/mol. The van der Waals surface area contributed by atoms with Crippen LogP contribution in [0.15, 0.2) is 85.1 Å². The number of ether oxygens (including phenoxy) is 1. The van der Waals surface area contributed by atoms with Crippen molar-refractivity contribution in [3.63, 3.8) is 0 Å². The zero-order chi connectivity index (χ0) is 38.6. The third-order valence-electron chi connectivity index (χ3n) is 12.5. The smallest absolute Gasteiger partial charge is 0.509 e. The summed E-state index contributed by atoms with van der Waals surface area (Å²) in [6, 6.07) is 35.6. The SMILES string of the molecule is Cc1ccnc(-n2c3[c-]c(Oc4[c-]c(-n5nc(C6CCCCC6)c(-c6c(C)cccc6C)c5C5CCCCC5)cc(C(C)(C)C)c4)ccc3c3ccccc32)c1.[Pd+2]. The number of nitrogens with zero attached hydrogens (tertiary/aromatic N) is 4. The normalized spacial score (nSPS) is 15.6. The van der Waals surface area contributed by atoms with E-state index in [0.29, 0.717) is 23.3 Å². The third kappa shape index (κ3) is 7.53. The summed E-state index contributed by atoms with van der Waals surface area (Å²) < 4.78 is 11.4. The zero-order valence-electron chi connectivity index (χ0n) is 34.3. The van der Waals surface area contributed by atoms with Crippen LogP contribution in [0.3, 0.4) is 0 Å². The van der Waals surface area contributed by atoms with Crippen LogP contribution in [0.5, 0.6) is 11.5 Å². The summed E-state index contributed by atoms with van der Waals surface area (Å²) in [5, 5.41) is 8.02. The molecule has 9 rings (SSSR count). The second kappa shape index (κ2) is 16.0. The molecule has 0 radical (unpaired) electrons. The summed E-state index contributed by atoms with van der Waals surface area (Å²) in [5.74, 6) is 3.09. The Kier molecular flexibility index (Phi) is 11.1. The Bertz CT molecular complexity index is 2540. The van der Waals surface area contributed by atoms with Gasteiger partial charge in [-0.1, -0.05) is 101 Å². The van der Waals surface area contributed by atoms with Crippen molar-refractivity contribution in [2.75, 3.05) is 0 Å². The van der Waals surface area contributed by atoms with Crippen LogP contribution in [0.4, 0.5) is 0 Å². The van der Waals surface area contributed by atoms with Gasteiger partial charge in [-0.3, -0.25) is 4.68 Å². The molecule has 2 fully saturated rings. The van der Waals surface area contributed by atoms with E-state index in [1.807, 2.05) is 18.3 Å². The zero-order valence-corrected chi connectivity index (χ0v) is 35.9. The standard InChI is InChI=1S/C51H54N4O.Pd/c1-33-26-27-52-46(28-33)54-44-23-14-13-22-42(44)43-25-24-40(32-45(43)54)56-41-30-38(51(4,5)6)29-39(31-41)55-50(37-20-11-8-12-21-37)48(47-34(2)16-15-17-35(47)3)49(53-55)36-18-9-7-10-19-36;/h13-17,22-30,36-37H,7-12,18-21H2,1-6H3;/q-2;+2. The second-order valence-corrected chi connectivity index (χ2v) is 17.6. The van der Waals surface area contributed by atoms with Gasteiger partial charge in [0, 0.05) is 40.6 Å². The average molecular weight is 845 g/mol. The van der Waals surface area contributed by atoms with Crippen LogP contribution in [0.2, 0.25) is 0 Å². The van der Waals surface area contributed by atoms with Crippen molar-refractivity contribution >= 4 is 21.8 Å². The molecule has 2 aliphatic carbocycles. The molecule has 0 aliphatic heterocycles. The molecule has 57 heavy (non-hydrogen) atoms. The minimum absolute atomic E-state index is 0. The van der Waals surface area contributed by atoms with Crippen molar-refractivity contribution in [3.05, 3.63) is 131 Å². The van der Waals surface area contributed by atoms with Crippen molar-refractivity contribution in [2.45, 2.75) is 123 Å². The fourth-order valence-electron chi connectivity index (χ4n) is 9.58. The molecule has 3 aromatic heterocycles. The molecule has 0 spiro atoms. The Labute approximate surface area is 352 Å². The molecular weight excluding hydrogens is 791 g/mol. The van der Waals surface area contributed by atoms with E-state index in [-0.39, 0.29) is 25.8 Å². The van der Waals surface area contributed by atoms with E-state index in [9.17, 15) is 0 Å². The summed E-state index contributed by atoms with van der Waals surface area (Å²) in [5.41, 5.74) is 13.3. The van der Waals surface area contributed by atoms with Gasteiger partial charge in [0.1, 0.15) is 5.82 Å². The molecule has 0 unspecified atom stereocenters. The summed E-state index contributed by atoms with van der Waals surface area (Å²) >= 11 is 0. The number of para-hydroxylation sites is 1. The van der Waals surface area contributed by atoms with Crippen LogP contribution >= 0.6 is 0 Å². The van der Waals surface area contributed by atoms with Gasteiger partial charge in [0.2, 0.25) is 0 Å². The fraction of sp³-hybridized carbons (Fsp3) is 0.373. The van der Waals surface area contributed by atoms with Gasteiger partial charge in [0.25, 0.3) is 0 Å². The number of pyridine rings is 1. The summed E-state index contributed by atoms with van der Waals surface area (Å²) in [6.45, 7) is 13.5. The van der Waals surface area contributed by atoms with Crippen LogP contribution in [0.25, 0.3) is 44.4 Å². The van der Waals surface area contributed by atoms with Gasteiger partial charge in [-0.15, -0.1) is 41.3 Å². The molecule has 2 saturated carbocycles. The Hall–Kier alpha value is -4.50. The van der Waals surface area contributed by atoms with E-state index in [2.05, 4.69) is 130 Å². The number of rotatable bonds is 7. The van der Waals surface area contributed by atoms with Crippen LogP contribution in [-0.2, 0) is 25.8 Å². The maximum atomic E-state index is 6.87. The Morgan fingerprint density at radius 2 is 1.39 bits per heavy atom. The maximum absolute atomic E-state index is 6.87. The van der Waals surface area contributed by atoms with Gasteiger partial charge in [-0.2, -0.15) is 11.2 Å². The third-order valence-corrected chi connectivity index (χ3v) is 12.5. The van der Waals surface area contributed by atoms with E-state index >= 15 is 0 Å². The first-order valence-corrected chi connectivity index (χ1v) is 21.0. The Morgan fingerprint density at radius 3 is 2.09 bits per heavy atom.